The first-order valence-electron chi connectivity index (χ1n) is 18.3. The third-order valence-corrected chi connectivity index (χ3v) is 9.20. The summed E-state index contributed by atoms with van der Waals surface area (Å²) in [6, 6.07) is -8.28. The Labute approximate surface area is 330 Å². The molecule has 1 heterocycles. The topological polar surface area (TPSA) is 369 Å². The minimum absolute atomic E-state index is 0.00578. The van der Waals surface area contributed by atoms with Crippen LogP contribution in [-0.4, -0.2) is 155 Å². The van der Waals surface area contributed by atoms with Crippen LogP contribution in [0.25, 0.3) is 0 Å². The number of primary amides is 1. The molecule has 1 fully saturated rings. The molecule has 0 unspecified atom stereocenters. The van der Waals surface area contributed by atoms with Crippen molar-refractivity contribution in [1.29, 1.82) is 0 Å². The molecule has 8 amide bonds. The number of nitrogens with one attached hydrogen (secondary N) is 6. The van der Waals surface area contributed by atoms with Crippen LogP contribution in [0.3, 0.4) is 0 Å². The van der Waals surface area contributed by atoms with Gasteiger partial charge >= 0.3 is 0 Å². The summed E-state index contributed by atoms with van der Waals surface area (Å²) in [5, 5.41) is 34.2. The molecule has 1 saturated heterocycles. The van der Waals surface area contributed by atoms with Crippen molar-refractivity contribution in [3.8, 4) is 0 Å². The average molecular weight is 817 g/mol. The van der Waals surface area contributed by atoms with Crippen LogP contribution in [0.5, 0.6) is 0 Å². The Morgan fingerprint density at radius 1 is 0.804 bits per heavy atom. The number of rotatable bonds is 25. The number of aliphatic hydroxyl groups excluding tert-OH is 2. The first kappa shape index (κ1) is 49.3. The van der Waals surface area contributed by atoms with Crippen molar-refractivity contribution in [3.05, 3.63) is 0 Å². The molecule has 0 aromatic heterocycles. The second-order valence-corrected chi connectivity index (χ2v) is 14.7. The first-order valence-corrected chi connectivity index (χ1v) is 19.7. The van der Waals surface area contributed by atoms with E-state index in [9.17, 15) is 48.6 Å². The molecule has 0 spiro atoms. The van der Waals surface area contributed by atoms with Crippen molar-refractivity contribution in [3.63, 3.8) is 0 Å². The van der Waals surface area contributed by atoms with E-state index >= 15 is 0 Å². The molecule has 0 radical (unpaired) electrons. The van der Waals surface area contributed by atoms with Crippen LogP contribution in [0.1, 0.15) is 59.3 Å². The second kappa shape index (κ2) is 25.4. The lowest BCUT2D eigenvalue weighted by molar-refractivity contribution is -0.142. The van der Waals surface area contributed by atoms with Gasteiger partial charge in [-0.2, -0.15) is 11.8 Å². The van der Waals surface area contributed by atoms with Crippen molar-refractivity contribution in [2.24, 2.45) is 33.8 Å². The number of thioether (sulfide) groups is 1. The zero-order chi connectivity index (χ0) is 42.5. The third-order valence-electron chi connectivity index (χ3n) is 8.56. The molecular weight excluding hydrogens is 757 g/mol. The molecular formula is C33H60N12O10S. The van der Waals surface area contributed by atoms with E-state index in [0.717, 1.165) is 0 Å². The van der Waals surface area contributed by atoms with Crippen molar-refractivity contribution in [1.82, 2.24) is 36.8 Å². The number of aliphatic hydroxyl groups is 2. The Morgan fingerprint density at radius 2 is 1.41 bits per heavy atom. The number of carbonyl (C=O) groups is 8. The van der Waals surface area contributed by atoms with E-state index in [4.69, 9.17) is 22.9 Å². The molecule has 0 aliphatic carbocycles. The molecule has 22 nitrogen and oxygen atoms in total. The van der Waals surface area contributed by atoms with E-state index in [1.807, 2.05) is 20.1 Å². The molecule has 0 bridgehead atoms. The monoisotopic (exact) mass is 816 g/mol. The zero-order valence-corrected chi connectivity index (χ0v) is 33.2. The maximum atomic E-state index is 13.4. The minimum atomic E-state index is -1.52. The number of carbonyl (C=O) groups excluding carboxylic acids is 8. The number of hydrogen-bond acceptors (Lipinski definition) is 13. The SMILES string of the molecule is CSCC[C@H](N)C(=O)N[C@@H](CC(C)C)C(=O)NCC(=O)N[C@@H](CO)C(=O)N[C@@H](C)C(=O)N1CCC[C@H]1C(=O)N[C@@H](CO)C(=O)N[C@@H](CCCN=C(N)N)C(N)=O. The van der Waals surface area contributed by atoms with Gasteiger partial charge in [0.25, 0.3) is 0 Å². The molecule has 23 heteroatoms. The van der Waals surface area contributed by atoms with Crippen LogP contribution in [-0.2, 0) is 38.4 Å². The van der Waals surface area contributed by atoms with Crippen molar-refractivity contribution in [2.75, 3.05) is 44.9 Å². The van der Waals surface area contributed by atoms with Gasteiger partial charge in [-0.25, -0.2) is 0 Å². The Kier molecular flexibility index (Phi) is 22.4. The lowest BCUT2D eigenvalue weighted by Gasteiger charge is -2.29. The van der Waals surface area contributed by atoms with E-state index < -0.39 is 109 Å². The van der Waals surface area contributed by atoms with Crippen LogP contribution in [0.2, 0.25) is 0 Å². The summed E-state index contributed by atoms with van der Waals surface area (Å²) in [6.07, 6.45) is 3.50. The fraction of sp³-hybridized carbons (Fsp3) is 0.727. The summed E-state index contributed by atoms with van der Waals surface area (Å²) in [6.45, 7) is 3.02. The van der Waals surface area contributed by atoms with Crippen molar-refractivity contribution >= 4 is 65.0 Å². The number of aliphatic imine (C=N–C) groups is 1. The van der Waals surface area contributed by atoms with Crippen molar-refractivity contribution < 1.29 is 48.6 Å². The zero-order valence-electron chi connectivity index (χ0n) is 32.4. The number of likely N-dealkylation sites (tertiary alicyclic amines) is 1. The normalized spacial score (nSPS) is 16.9. The van der Waals surface area contributed by atoms with Gasteiger partial charge in [0.2, 0.25) is 47.3 Å². The highest BCUT2D eigenvalue weighted by Gasteiger charge is 2.38. The van der Waals surface area contributed by atoms with Gasteiger partial charge < -0.3 is 69.9 Å². The molecule has 0 saturated carbocycles. The van der Waals surface area contributed by atoms with E-state index in [1.54, 1.807) is 0 Å². The Bertz CT molecular complexity index is 1400. The third kappa shape index (κ3) is 17.4. The van der Waals surface area contributed by atoms with E-state index in [2.05, 4.69) is 36.9 Å². The lowest BCUT2D eigenvalue weighted by atomic mass is 10.0. The fourth-order valence-corrected chi connectivity index (χ4v) is 6.03. The summed E-state index contributed by atoms with van der Waals surface area (Å²) in [7, 11) is 0. The molecule has 1 aliphatic rings. The van der Waals surface area contributed by atoms with Gasteiger partial charge in [0.15, 0.2) is 5.96 Å². The molecule has 16 N–H and O–H groups in total. The van der Waals surface area contributed by atoms with Gasteiger partial charge in [-0.15, -0.1) is 0 Å². The predicted molar refractivity (Wildman–Crippen MR) is 207 cm³/mol. The van der Waals surface area contributed by atoms with Gasteiger partial charge in [-0.1, -0.05) is 13.8 Å². The standard InChI is InChI=1S/C33H60N12O10S/c1-17(2)13-21(43-27(50)19(34)9-12-56-4)28(51)39-14-25(48)41-22(15-46)29(52)40-18(3)32(55)45-11-6-8-24(45)31(54)44-23(16-47)30(53)42-20(26(35)49)7-5-10-38-33(36)37/h17-24,46-47H,5-16,34H2,1-4H3,(H2,35,49)(H,39,51)(H,40,52)(H,41,48)(H,42,53)(H,43,50)(H,44,54)(H4,36,37,38)/t18-,19-,20-,21-,22-,23-,24-/m0/s1. The van der Waals surface area contributed by atoms with Crippen LogP contribution in [0, 0.1) is 5.92 Å². The number of nitrogens with zero attached hydrogens (tertiary/aromatic N) is 2. The smallest absolute Gasteiger partial charge is 0.245 e. The highest BCUT2D eigenvalue weighted by atomic mass is 32.2. The second-order valence-electron chi connectivity index (χ2n) is 13.7. The van der Waals surface area contributed by atoms with Crippen LogP contribution in [0.15, 0.2) is 4.99 Å². The number of nitrogens with two attached hydrogens (primary N) is 4. The molecule has 56 heavy (non-hydrogen) atoms. The molecule has 1 rings (SSSR count). The van der Waals surface area contributed by atoms with E-state index in [0.29, 0.717) is 18.6 Å². The molecule has 0 aromatic carbocycles. The van der Waals surface area contributed by atoms with Gasteiger partial charge in [-0.05, 0) is 63.4 Å². The largest absolute Gasteiger partial charge is 0.394 e. The van der Waals surface area contributed by atoms with E-state index in [-0.39, 0.29) is 50.7 Å². The lowest BCUT2D eigenvalue weighted by Crippen LogP contribution is -2.59. The average Bonchev–Trinajstić information content (AvgIpc) is 3.64. The quantitative estimate of drug-likeness (QED) is 0.0232. The molecule has 1 aliphatic heterocycles. The van der Waals surface area contributed by atoms with Crippen LogP contribution < -0.4 is 54.8 Å². The first-order chi connectivity index (χ1) is 26.4. The Balaban J connectivity index is 2.79. The van der Waals surface area contributed by atoms with Crippen LogP contribution in [0.4, 0.5) is 0 Å². The maximum absolute atomic E-state index is 13.4. The summed E-state index contributed by atoms with van der Waals surface area (Å²) in [5.74, 6) is -5.64. The summed E-state index contributed by atoms with van der Waals surface area (Å²) < 4.78 is 0. The highest BCUT2D eigenvalue weighted by molar-refractivity contribution is 7.98. The minimum Gasteiger partial charge on any atom is -0.394 e. The summed E-state index contributed by atoms with van der Waals surface area (Å²) in [5.41, 5.74) is 21.9. The highest BCUT2D eigenvalue weighted by Crippen LogP contribution is 2.19. The van der Waals surface area contributed by atoms with E-state index in [1.165, 1.54) is 23.6 Å². The number of amides is 8. The van der Waals surface area contributed by atoms with Crippen molar-refractivity contribution in [2.45, 2.75) is 102 Å². The Morgan fingerprint density at radius 3 is 1.98 bits per heavy atom. The van der Waals surface area contributed by atoms with Gasteiger partial charge in [0.05, 0.1) is 25.8 Å². The maximum Gasteiger partial charge on any atom is 0.245 e. The van der Waals surface area contributed by atoms with Crippen LogP contribution >= 0.6 is 11.8 Å². The van der Waals surface area contributed by atoms with Gasteiger partial charge in [0, 0.05) is 13.1 Å². The fourth-order valence-electron chi connectivity index (χ4n) is 5.54. The number of hydrogen-bond donors (Lipinski definition) is 12. The molecule has 0 aromatic rings. The number of guanidine groups is 1. The molecule has 7 atom stereocenters. The summed E-state index contributed by atoms with van der Waals surface area (Å²) >= 11 is 1.52. The predicted octanol–water partition coefficient (Wildman–Crippen LogP) is -5.81. The van der Waals surface area contributed by atoms with Gasteiger partial charge in [-0.3, -0.25) is 43.3 Å². The molecule has 318 valence electrons. The Hall–Kier alpha value is -4.74. The van der Waals surface area contributed by atoms with Gasteiger partial charge in [0.1, 0.15) is 36.3 Å². The summed E-state index contributed by atoms with van der Waals surface area (Å²) in [4.78, 5) is 107.